The van der Waals surface area contributed by atoms with E-state index < -0.39 is 23.4 Å². The Hall–Kier alpha value is -3.15. The molecule has 0 radical (unpaired) electrons. The summed E-state index contributed by atoms with van der Waals surface area (Å²) in [4.78, 5) is 12.0. The van der Waals surface area contributed by atoms with Gasteiger partial charge in [-0.25, -0.2) is 9.48 Å². The smallest absolute Gasteiger partial charge is 0.308 e. The molecule has 0 aliphatic carbocycles. The zero-order chi connectivity index (χ0) is 21.9. The van der Waals surface area contributed by atoms with Crippen molar-refractivity contribution in [1.82, 2.24) is 9.78 Å². The average Bonchev–Trinajstić information content (AvgIpc) is 3.13. The topological polar surface area (TPSA) is 59.0 Å². The van der Waals surface area contributed by atoms with Crippen LogP contribution in [0.2, 0.25) is 0 Å². The number of urea groups is 1. The first-order chi connectivity index (χ1) is 14.0. The Balaban J connectivity index is 1.59. The van der Waals surface area contributed by atoms with Crippen molar-refractivity contribution in [3.05, 3.63) is 66.5 Å². The maximum absolute atomic E-state index is 12.6. The summed E-state index contributed by atoms with van der Waals surface area (Å²) < 4.78 is 75.8. The van der Waals surface area contributed by atoms with E-state index in [1.807, 2.05) is 0 Å². The number of alkyl halides is 6. The fraction of sp³-hybridized carbons (Fsp3) is 0.111. The Bertz CT molecular complexity index is 1010. The first kappa shape index (κ1) is 21.6. The van der Waals surface area contributed by atoms with Crippen LogP contribution < -0.4 is 10.6 Å². The first-order valence-electron chi connectivity index (χ1n) is 8.17. The van der Waals surface area contributed by atoms with E-state index in [0.29, 0.717) is 11.4 Å². The number of amides is 2. The van der Waals surface area contributed by atoms with Gasteiger partial charge in [0.1, 0.15) is 0 Å². The van der Waals surface area contributed by atoms with Crippen LogP contribution in [0.3, 0.4) is 0 Å². The van der Waals surface area contributed by atoms with Gasteiger partial charge in [-0.05, 0) is 66.4 Å². The Morgan fingerprint density at radius 2 is 1.37 bits per heavy atom. The van der Waals surface area contributed by atoms with Gasteiger partial charge in [0.15, 0.2) is 5.69 Å². The monoisotopic (exact) mass is 446 g/mol. The van der Waals surface area contributed by atoms with Crippen molar-refractivity contribution in [3.63, 3.8) is 0 Å². The molecule has 3 rings (SSSR count). The molecular weight excluding hydrogens is 434 g/mol. The number of hydrogen-bond donors (Lipinski definition) is 2. The van der Waals surface area contributed by atoms with E-state index in [1.54, 1.807) is 0 Å². The highest BCUT2D eigenvalue weighted by Gasteiger charge is 2.33. The van der Waals surface area contributed by atoms with Gasteiger partial charge < -0.3 is 10.6 Å². The summed E-state index contributed by atoms with van der Waals surface area (Å²) in [6, 6.07) is 11.2. The third-order valence-electron chi connectivity index (χ3n) is 3.61. The molecule has 30 heavy (non-hydrogen) atoms. The van der Waals surface area contributed by atoms with Crippen LogP contribution in [-0.4, -0.2) is 21.3 Å². The summed E-state index contributed by atoms with van der Waals surface area (Å²) in [7, 11) is 0. The number of carbonyl (C=O) groups is 1. The molecule has 2 aromatic carbocycles. The van der Waals surface area contributed by atoms with Crippen LogP contribution in [0.5, 0.6) is 0 Å². The number of nitrogens with one attached hydrogen (secondary N) is 2. The second kappa shape index (κ2) is 8.30. The summed E-state index contributed by atoms with van der Waals surface area (Å²) in [6.07, 6.45) is -3.38. The van der Waals surface area contributed by atoms with Crippen molar-refractivity contribution in [1.29, 1.82) is 0 Å². The first-order valence-corrected chi connectivity index (χ1v) is 8.98. The summed E-state index contributed by atoms with van der Waals surface area (Å²) >= 11 is -0.265. The molecule has 0 unspecified atom stereocenters. The number of nitrogens with zero attached hydrogens (tertiary/aromatic N) is 2. The second-order valence-corrected chi connectivity index (χ2v) is 6.98. The minimum Gasteiger partial charge on any atom is -0.308 e. The molecule has 2 N–H and O–H groups in total. The SMILES string of the molecule is O=C(Nc1ccc(SC(F)(F)F)cc1)Nc1ccc(-n2ccc(C(F)(F)F)n2)cc1. The molecule has 0 bridgehead atoms. The number of thioether (sulfide) groups is 1. The highest BCUT2D eigenvalue weighted by atomic mass is 32.2. The van der Waals surface area contributed by atoms with Crippen molar-refractivity contribution < 1.29 is 31.1 Å². The highest BCUT2D eigenvalue weighted by molar-refractivity contribution is 8.00. The molecule has 1 heterocycles. The van der Waals surface area contributed by atoms with Crippen LogP contribution in [0.15, 0.2) is 65.7 Å². The zero-order valence-electron chi connectivity index (χ0n) is 14.8. The van der Waals surface area contributed by atoms with E-state index in [0.717, 1.165) is 10.7 Å². The number of hydrogen-bond acceptors (Lipinski definition) is 3. The number of benzene rings is 2. The molecule has 0 aliphatic rings. The number of aromatic nitrogens is 2. The van der Waals surface area contributed by atoms with Crippen LogP contribution in [0.25, 0.3) is 5.69 Å². The Labute approximate surface area is 170 Å². The maximum atomic E-state index is 12.6. The summed E-state index contributed by atoms with van der Waals surface area (Å²) in [5, 5.41) is 8.42. The van der Waals surface area contributed by atoms with E-state index in [4.69, 9.17) is 0 Å². The van der Waals surface area contributed by atoms with Gasteiger partial charge in [-0.1, -0.05) is 0 Å². The molecule has 0 saturated heterocycles. The molecular formula is C18H12F6N4OS. The predicted octanol–water partition coefficient (Wildman–Crippen LogP) is 6.15. The third-order valence-corrected chi connectivity index (χ3v) is 4.35. The van der Waals surface area contributed by atoms with Gasteiger partial charge in [-0.15, -0.1) is 0 Å². The van der Waals surface area contributed by atoms with E-state index in [-0.39, 0.29) is 22.3 Å². The Kier molecular flexibility index (Phi) is 5.97. The lowest BCUT2D eigenvalue weighted by Crippen LogP contribution is -2.19. The van der Waals surface area contributed by atoms with Crippen molar-refractivity contribution >= 4 is 29.2 Å². The molecule has 0 saturated carbocycles. The molecule has 12 heteroatoms. The number of anilines is 2. The quantitative estimate of drug-likeness (QED) is 0.374. The lowest BCUT2D eigenvalue weighted by Gasteiger charge is -2.10. The molecule has 5 nitrogen and oxygen atoms in total. The maximum Gasteiger partial charge on any atom is 0.446 e. The van der Waals surface area contributed by atoms with Gasteiger partial charge in [-0.2, -0.15) is 31.4 Å². The van der Waals surface area contributed by atoms with Gasteiger partial charge in [0, 0.05) is 22.5 Å². The van der Waals surface area contributed by atoms with Gasteiger partial charge in [0.05, 0.1) is 5.69 Å². The second-order valence-electron chi connectivity index (χ2n) is 5.84. The van der Waals surface area contributed by atoms with E-state index in [2.05, 4.69) is 15.7 Å². The fourth-order valence-electron chi connectivity index (χ4n) is 2.35. The van der Waals surface area contributed by atoms with E-state index in [9.17, 15) is 31.1 Å². The molecule has 1 aromatic heterocycles. The lowest BCUT2D eigenvalue weighted by atomic mass is 10.3. The average molecular weight is 446 g/mol. The highest BCUT2D eigenvalue weighted by Crippen LogP contribution is 2.37. The van der Waals surface area contributed by atoms with Crippen LogP contribution in [0.1, 0.15) is 5.69 Å². The number of halogens is 6. The largest absolute Gasteiger partial charge is 0.446 e. The minimum atomic E-state index is -4.55. The van der Waals surface area contributed by atoms with E-state index >= 15 is 0 Å². The normalized spacial score (nSPS) is 11.9. The lowest BCUT2D eigenvalue weighted by molar-refractivity contribution is -0.141. The molecule has 2 amide bonds. The molecule has 0 atom stereocenters. The zero-order valence-corrected chi connectivity index (χ0v) is 15.6. The third kappa shape index (κ3) is 5.92. The van der Waals surface area contributed by atoms with Crippen molar-refractivity contribution in [3.8, 4) is 5.69 Å². The molecule has 0 fully saturated rings. The molecule has 0 aliphatic heterocycles. The van der Waals surface area contributed by atoms with Crippen LogP contribution in [0.4, 0.5) is 42.5 Å². The van der Waals surface area contributed by atoms with Crippen molar-refractivity contribution in [2.24, 2.45) is 0 Å². The van der Waals surface area contributed by atoms with Gasteiger partial charge in [0.25, 0.3) is 0 Å². The standard InChI is InChI=1S/C18H12F6N4OS/c19-17(20,21)15-9-10-28(27-15)13-5-1-11(2-6-13)25-16(29)26-12-3-7-14(8-4-12)30-18(22,23)24/h1-10H,(H2,25,26,29). The van der Waals surface area contributed by atoms with Crippen LogP contribution in [-0.2, 0) is 6.18 Å². The predicted molar refractivity (Wildman–Crippen MR) is 99.6 cm³/mol. The van der Waals surface area contributed by atoms with Gasteiger partial charge >= 0.3 is 17.7 Å². The van der Waals surface area contributed by atoms with E-state index in [1.165, 1.54) is 54.7 Å². The minimum absolute atomic E-state index is 0.0173. The van der Waals surface area contributed by atoms with Crippen molar-refractivity contribution in [2.45, 2.75) is 16.6 Å². The van der Waals surface area contributed by atoms with Crippen molar-refractivity contribution in [2.75, 3.05) is 10.6 Å². The van der Waals surface area contributed by atoms with Gasteiger partial charge in [0.2, 0.25) is 0 Å². The van der Waals surface area contributed by atoms with Crippen LogP contribution >= 0.6 is 11.8 Å². The summed E-state index contributed by atoms with van der Waals surface area (Å²) in [5.74, 6) is 0. The molecule has 0 spiro atoms. The Morgan fingerprint density at radius 3 is 1.83 bits per heavy atom. The van der Waals surface area contributed by atoms with Crippen LogP contribution in [0, 0.1) is 0 Å². The molecule has 3 aromatic rings. The summed E-state index contributed by atoms with van der Waals surface area (Å²) in [6.45, 7) is 0. The summed E-state index contributed by atoms with van der Waals surface area (Å²) in [5.41, 5.74) is -4.43. The Morgan fingerprint density at radius 1 is 0.833 bits per heavy atom. The molecule has 158 valence electrons. The number of carbonyl (C=O) groups excluding carboxylic acids is 1. The van der Waals surface area contributed by atoms with Gasteiger partial charge in [-0.3, -0.25) is 0 Å². The fourth-order valence-corrected chi connectivity index (χ4v) is 2.89. The number of rotatable bonds is 4.